The highest BCUT2D eigenvalue weighted by molar-refractivity contribution is 6.12. The highest BCUT2D eigenvalue weighted by Crippen LogP contribution is 2.33. The number of amides is 1. The summed E-state index contributed by atoms with van der Waals surface area (Å²) in [6.07, 6.45) is 3.79. The van der Waals surface area contributed by atoms with E-state index in [1.807, 2.05) is 31.3 Å². The van der Waals surface area contributed by atoms with Crippen LogP contribution in [0.3, 0.4) is 0 Å². The minimum Gasteiger partial charge on any atom is -0.508 e. The van der Waals surface area contributed by atoms with Crippen LogP contribution >= 0.6 is 0 Å². The summed E-state index contributed by atoms with van der Waals surface area (Å²) in [4.78, 5) is 20.2. The van der Waals surface area contributed by atoms with Crippen molar-refractivity contribution in [3.05, 3.63) is 84.3 Å². The Kier molecular flexibility index (Phi) is 5.99. The van der Waals surface area contributed by atoms with E-state index in [0.717, 1.165) is 30.5 Å². The summed E-state index contributed by atoms with van der Waals surface area (Å²) < 4.78 is 14.1. The number of likely N-dealkylation sites (N-methyl/N-ethyl adjacent to an activating group) is 1. The number of aromatic hydroxyl groups is 1. The first-order valence-electron chi connectivity index (χ1n) is 11.5. The van der Waals surface area contributed by atoms with E-state index in [9.17, 15) is 14.3 Å². The third-order valence-corrected chi connectivity index (χ3v) is 6.40. The smallest absolute Gasteiger partial charge is 0.255 e. The average molecular weight is 456 g/mol. The number of carbonyl (C=O) groups excluding carboxylic acids is 1. The van der Waals surface area contributed by atoms with Crippen molar-refractivity contribution in [1.29, 1.82) is 0 Å². The minimum absolute atomic E-state index is 0.131. The second kappa shape index (κ2) is 9.23. The summed E-state index contributed by atoms with van der Waals surface area (Å²) in [6.45, 7) is 1.56. The van der Waals surface area contributed by atoms with Crippen LogP contribution in [0.15, 0.2) is 72.9 Å². The molecule has 1 atom stereocenters. The lowest BCUT2D eigenvalue weighted by Gasteiger charge is -2.23. The molecular weight excluding hydrogens is 429 g/mol. The van der Waals surface area contributed by atoms with Gasteiger partial charge in [0.05, 0.1) is 11.1 Å². The highest BCUT2D eigenvalue weighted by atomic mass is 19.1. The van der Waals surface area contributed by atoms with Gasteiger partial charge in [-0.1, -0.05) is 30.3 Å². The van der Waals surface area contributed by atoms with Crippen molar-refractivity contribution in [1.82, 2.24) is 15.2 Å². The summed E-state index contributed by atoms with van der Waals surface area (Å²) in [5, 5.41) is 14.1. The predicted octanol–water partition coefficient (Wildman–Crippen LogP) is 5.24. The van der Waals surface area contributed by atoms with Gasteiger partial charge in [0.15, 0.2) is 0 Å². The summed E-state index contributed by atoms with van der Waals surface area (Å²) in [7, 11) is 1.81. The number of rotatable bonds is 5. The van der Waals surface area contributed by atoms with E-state index in [-0.39, 0.29) is 23.5 Å². The molecule has 2 N–H and O–H groups in total. The quantitative estimate of drug-likeness (QED) is 0.432. The summed E-state index contributed by atoms with van der Waals surface area (Å²) in [6, 6.07) is 19.2. The maximum atomic E-state index is 14.1. The molecule has 1 aromatic heterocycles. The molecule has 0 radical (unpaired) electrons. The Morgan fingerprint density at radius 3 is 2.65 bits per heavy atom. The number of phenols is 1. The van der Waals surface area contributed by atoms with Crippen molar-refractivity contribution in [2.24, 2.45) is 0 Å². The fourth-order valence-electron chi connectivity index (χ4n) is 4.68. The molecular formula is C28H26FN3O2. The van der Waals surface area contributed by atoms with Gasteiger partial charge in [0.25, 0.3) is 5.91 Å². The first-order chi connectivity index (χ1) is 16.5. The van der Waals surface area contributed by atoms with Crippen molar-refractivity contribution in [3.8, 4) is 28.0 Å². The van der Waals surface area contributed by atoms with Gasteiger partial charge in [-0.3, -0.25) is 9.78 Å². The number of pyridine rings is 1. The minimum atomic E-state index is -0.368. The molecule has 0 saturated carbocycles. The van der Waals surface area contributed by atoms with Crippen LogP contribution < -0.4 is 5.32 Å². The molecule has 172 valence electrons. The van der Waals surface area contributed by atoms with E-state index in [1.54, 1.807) is 41.4 Å². The van der Waals surface area contributed by atoms with Crippen molar-refractivity contribution in [2.75, 3.05) is 20.1 Å². The number of carbonyl (C=O) groups is 1. The van der Waals surface area contributed by atoms with Crippen LogP contribution in [0.2, 0.25) is 0 Å². The van der Waals surface area contributed by atoms with Crippen molar-refractivity contribution >= 4 is 16.8 Å². The molecule has 0 unspecified atom stereocenters. The number of nitrogens with one attached hydrogen (secondary N) is 1. The molecule has 1 saturated heterocycles. The first-order valence-corrected chi connectivity index (χ1v) is 11.5. The fourth-order valence-corrected chi connectivity index (χ4v) is 4.68. The highest BCUT2D eigenvalue weighted by Gasteiger charge is 2.24. The lowest BCUT2D eigenvalue weighted by Crippen LogP contribution is -2.38. The molecule has 0 bridgehead atoms. The monoisotopic (exact) mass is 455 g/mol. The zero-order chi connectivity index (χ0) is 23.7. The second-order valence-electron chi connectivity index (χ2n) is 8.82. The molecule has 0 aliphatic carbocycles. The van der Waals surface area contributed by atoms with Gasteiger partial charge in [-0.15, -0.1) is 0 Å². The van der Waals surface area contributed by atoms with E-state index >= 15 is 0 Å². The molecule has 2 heterocycles. The molecule has 0 spiro atoms. The number of benzene rings is 3. The van der Waals surface area contributed by atoms with Gasteiger partial charge < -0.3 is 15.3 Å². The van der Waals surface area contributed by atoms with E-state index in [4.69, 9.17) is 0 Å². The molecule has 3 aromatic carbocycles. The fraction of sp³-hybridized carbons (Fsp3) is 0.214. The van der Waals surface area contributed by atoms with Gasteiger partial charge in [0.1, 0.15) is 11.6 Å². The number of phenolic OH excluding ortho intramolecular Hbond substituents is 1. The van der Waals surface area contributed by atoms with Crippen LogP contribution in [0, 0.1) is 5.82 Å². The van der Waals surface area contributed by atoms with Crippen LogP contribution in [0.5, 0.6) is 5.75 Å². The van der Waals surface area contributed by atoms with Crippen LogP contribution in [-0.2, 0) is 0 Å². The molecule has 1 amide bonds. The van der Waals surface area contributed by atoms with Crippen LogP contribution in [0.4, 0.5) is 4.39 Å². The Hall–Kier alpha value is -3.77. The Labute approximate surface area is 197 Å². The van der Waals surface area contributed by atoms with Gasteiger partial charge >= 0.3 is 0 Å². The lowest BCUT2D eigenvalue weighted by molar-refractivity contribution is 0.0786. The van der Waals surface area contributed by atoms with Gasteiger partial charge in [0, 0.05) is 36.8 Å². The number of hydrogen-bond donors (Lipinski definition) is 2. The standard InChI is InChI=1S/C28H26FN3O2/c1-32(17-22-8-4-12-30-22)28(34)27-24-15-19(18-5-3-9-23(33)14-18)10-11-26(24)31-16-25(27)20-6-2-7-21(29)13-20/h2-3,5-7,9-11,13-16,22,30,33H,4,8,12,17H2,1H3/t22-/m0/s1. The summed E-state index contributed by atoms with van der Waals surface area (Å²) in [5.41, 5.74) is 4.07. The Morgan fingerprint density at radius 1 is 1.09 bits per heavy atom. The topological polar surface area (TPSA) is 65.5 Å². The SMILES string of the molecule is CN(C[C@@H]1CCCN1)C(=O)c1c(-c2cccc(F)c2)cnc2ccc(-c3cccc(O)c3)cc12. The molecule has 5 rings (SSSR count). The van der Waals surface area contributed by atoms with Crippen LogP contribution in [0.1, 0.15) is 23.2 Å². The Morgan fingerprint density at radius 2 is 1.88 bits per heavy atom. The molecule has 6 heteroatoms. The lowest BCUT2D eigenvalue weighted by atomic mass is 9.94. The zero-order valence-corrected chi connectivity index (χ0v) is 19.0. The van der Waals surface area contributed by atoms with E-state index in [1.165, 1.54) is 12.1 Å². The third kappa shape index (κ3) is 4.37. The first kappa shape index (κ1) is 22.0. The summed E-state index contributed by atoms with van der Waals surface area (Å²) in [5.74, 6) is -0.328. The number of fused-ring (bicyclic) bond motifs is 1. The Balaban J connectivity index is 1.68. The second-order valence-corrected chi connectivity index (χ2v) is 8.82. The van der Waals surface area contributed by atoms with Crippen molar-refractivity contribution in [2.45, 2.75) is 18.9 Å². The van der Waals surface area contributed by atoms with Gasteiger partial charge in [-0.05, 0) is 72.5 Å². The van der Waals surface area contributed by atoms with E-state index in [2.05, 4.69) is 10.3 Å². The molecule has 1 aliphatic rings. The summed E-state index contributed by atoms with van der Waals surface area (Å²) >= 11 is 0. The number of nitrogens with zero attached hydrogens (tertiary/aromatic N) is 2. The van der Waals surface area contributed by atoms with Gasteiger partial charge in [-0.2, -0.15) is 0 Å². The van der Waals surface area contributed by atoms with Crippen LogP contribution in [-0.4, -0.2) is 47.1 Å². The molecule has 1 aliphatic heterocycles. The van der Waals surface area contributed by atoms with E-state index in [0.29, 0.717) is 34.1 Å². The zero-order valence-electron chi connectivity index (χ0n) is 19.0. The molecule has 4 aromatic rings. The normalized spacial score (nSPS) is 15.5. The molecule has 5 nitrogen and oxygen atoms in total. The number of hydrogen-bond acceptors (Lipinski definition) is 4. The van der Waals surface area contributed by atoms with Crippen LogP contribution in [0.25, 0.3) is 33.2 Å². The average Bonchev–Trinajstić information content (AvgIpc) is 3.35. The van der Waals surface area contributed by atoms with E-state index < -0.39 is 0 Å². The van der Waals surface area contributed by atoms with Gasteiger partial charge in [0.2, 0.25) is 0 Å². The Bertz CT molecular complexity index is 1360. The maximum absolute atomic E-state index is 14.1. The van der Waals surface area contributed by atoms with Gasteiger partial charge in [-0.25, -0.2) is 4.39 Å². The molecule has 34 heavy (non-hydrogen) atoms. The number of aromatic nitrogens is 1. The molecule has 1 fully saturated rings. The third-order valence-electron chi connectivity index (χ3n) is 6.40. The van der Waals surface area contributed by atoms with Crippen molar-refractivity contribution in [3.63, 3.8) is 0 Å². The number of halogens is 1. The predicted molar refractivity (Wildman–Crippen MR) is 132 cm³/mol. The largest absolute Gasteiger partial charge is 0.508 e. The maximum Gasteiger partial charge on any atom is 0.255 e. The van der Waals surface area contributed by atoms with Crippen molar-refractivity contribution < 1.29 is 14.3 Å².